The molecule has 72 valence electrons. The van der Waals surface area contributed by atoms with Crippen LogP contribution in [0.4, 0.5) is 5.95 Å². The first-order chi connectivity index (χ1) is 6.68. The van der Waals surface area contributed by atoms with Gasteiger partial charge in [0, 0.05) is 18.8 Å². The smallest absolute Gasteiger partial charge is 0.200 e. The molecule has 14 heavy (non-hydrogen) atoms. The summed E-state index contributed by atoms with van der Waals surface area (Å²) < 4.78 is 1.76. The number of nitrogens with two attached hydrogens (primary N) is 1. The first-order valence-corrected chi connectivity index (χ1v) is 4.60. The average molecular weight is 208 g/mol. The highest BCUT2D eigenvalue weighted by Crippen LogP contribution is 2.26. The van der Waals surface area contributed by atoms with E-state index in [4.69, 9.17) is 17.3 Å². The number of anilines is 1. The minimum Gasteiger partial charge on any atom is -0.369 e. The van der Waals surface area contributed by atoms with Crippen LogP contribution in [0.25, 0.3) is 11.3 Å². The van der Waals surface area contributed by atoms with Crippen molar-refractivity contribution >= 4 is 17.5 Å². The average Bonchev–Trinajstić information content (AvgIpc) is 2.48. The van der Waals surface area contributed by atoms with E-state index in [9.17, 15) is 0 Å². The van der Waals surface area contributed by atoms with Gasteiger partial charge >= 0.3 is 0 Å². The number of halogens is 1. The van der Waals surface area contributed by atoms with Gasteiger partial charge in [-0.1, -0.05) is 29.8 Å². The first kappa shape index (κ1) is 9.09. The molecule has 0 aliphatic heterocycles. The second kappa shape index (κ2) is 3.35. The molecule has 2 N–H and O–H groups in total. The van der Waals surface area contributed by atoms with Crippen molar-refractivity contribution in [3.8, 4) is 11.3 Å². The minimum absolute atomic E-state index is 0.486. The molecule has 2 aromatic rings. The molecule has 2 rings (SSSR count). The Morgan fingerprint density at radius 2 is 2.07 bits per heavy atom. The second-order valence-corrected chi connectivity index (χ2v) is 3.48. The highest BCUT2D eigenvalue weighted by molar-refractivity contribution is 6.33. The largest absolute Gasteiger partial charge is 0.369 e. The van der Waals surface area contributed by atoms with Gasteiger partial charge in [0.05, 0.1) is 10.7 Å². The molecular weight excluding hydrogens is 198 g/mol. The van der Waals surface area contributed by atoms with E-state index >= 15 is 0 Å². The highest BCUT2D eigenvalue weighted by atomic mass is 35.5. The monoisotopic (exact) mass is 207 g/mol. The molecule has 0 aliphatic rings. The molecule has 0 unspecified atom stereocenters. The van der Waals surface area contributed by atoms with E-state index < -0.39 is 0 Å². The molecular formula is C10H10ClN3. The summed E-state index contributed by atoms with van der Waals surface area (Å²) in [6.45, 7) is 0. The quantitative estimate of drug-likeness (QED) is 0.780. The van der Waals surface area contributed by atoms with Crippen LogP contribution in [0.2, 0.25) is 5.02 Å². The maximum atomic E-state index is 6.03. The molecule has 0 bridgehead atoms. The predicted octanol–water partition coefficient (Wildman–Crippen LogP) is 2.32. The molecule has 0 fully saturated rings. The highest BCUT2D eigenvalue weighted by Gasteiger charge is 2.07. The molecule has 0 saturated heterocycles. The molecule has 3 nitrogen and oxygen atoms in total. The number of aryl methyl sites for hydroxylation is 1. The molecule has 0 saturated carbocycles. The van der Waals surface area contributed by atoms with Gasteiger partial charge in [0.1, 0.15) is 0 Å². The van der Waals surface area contributed by atoms with Crippen LogP contribution in [0, 0.1) is 0 Å². The molecule has 1 aromatic carbocycles. The van der Waals surface area contributed by atoms with E-state index in [-0.39, 0.29) is 0 Å². The van der Waals surface area contributed by atoms with Crippen LogP contribution in [-0.4, -0.2) is 9.55 Å². The van der Waals surface area contributed by atoms with Gasteiger partial charge in [-0.3, -0.25) is 0 Å². The van der Waals surface area contributed by atoms with Crippen molar-refractivity contribution in [3.63, 3.8) is 0 Å². The lowest BCUT2D eigenvalue weighted by molar-refractivity contribution is 0.930. The standard InChI is InChI=1S/C10H10ClN3/c1-14-6-9(13-10(14)12)7-4-2-3-5-8(7)11/h2-6H,1H3,(H2,12,13). The van der Waals surface area contributed by atoms with E-state index in [2.05, 4.69) is 4.98 Å². The van der Waals surface area contributed by atoms with Crippen LogP contribution >= 0.6 is 11.6 Å². The third-order valence-corrected chi connectivity index (χ3v) is 2.39. The van der Waals surface area contributed by atoms with Crippen molar-refractivity contribution in [2.24, 2.45) is 7.05 Å². The third-order valence-electron chi connectivity index (χ3n) is 2.06. The zero-order chi connectivity index (χ0) is 10.1. The Balaban J connectivity index is 2.55. The van der Waals surface area contributed by atoms with Gasteiger partial charge in [-0.25, -0.2) is 4.98 Å². The Kier molecular flexibility index (Phi) is 2.17. The Labute approximate surface area is 87.1 Å². The molecule has 1 aromatic heterocycles. The van der Waals surface area contributed by atoms with Crippen LogP contribution in [0.1, 0.15) is 0 Å². The molecule has 0 aliphatic carbocycles. The van der Waals surface area contributed by atoms with Crippen LogP contribution in [0.3, 0.4) is 0 Å². The summed E-state index contributed by atoms with van der Waals surface area (Å²) in [6, 6.07) is 7.57. The van der Waals surface area contributed by atoms with Gasteiger partial charge in [0.15, 0.2) is 5.95 Å². The van der Waals surface area contributed by atoms with Crippen molar-refractivity contribution in [1.29, 1.82) is 0 Å². The maximum absolute atomic E-state index is 6.03. The number of nitrogens with zero attached hydrogens (tertiary/aromatic N) is 2. The fourth-order valence-electron chi connectivity index (χ4n) is 1.28. The summed E-state index contributed by atoms with van der Waals surface area (Å²) in [6.07, 6.45) is 1.86. The van der Waals surface area contributed by atoms with Crippen molar-refractivity contribution in [2.75, 3.05) is 5.73 Å². The SMILES string of the molecule is Cn1cc(-c2ccccc2Cl)nc1N. The molecule has 0 spiro atoms. The first-order valence-electron chi connectivity index (χ1n) is 4.22. The Morgan fingerprint density at radius 1 is 1.36 bits per heavy atom. The lowest BCUT2D eigenvalue weighted by Crippen LogP contribution is -1.94. The number of benzene rings is 1. The molecule has 0 atom stereocenters. The maximum Gasteiger partial charge on any atom is 0.200 e. The van der Waals surface area contributed by atoms with E-state index in [1.807, 2.05) is 37.5 Å². The fraction of sp³-hybridized carbons (Fsp3) is 0.100. The zero-order valence-corrected chi connectivity index (χ0v) is 8.49. The van der Waals surface area contributed by atoms with E-state index in [0.717, 1.165) is 11.3 Å². The fourth-order valence-corrected chi connectivity index (χ4v) is 1.51. The number of nitrogen functional groups attached to an aromatic ring is 1. The number of hydrogen-bond donors (Lipinski definition) is 1. The predicted molar refractivity (Wildman–Crippen MR) is 58.1 cm³/mol. The van der Waals surface area contributed by atoms with Gasteiger partial charge < -0.3 is 10.3 Å². The van der Waals surface area contributed by atoms with E-state index in [0.29, 0.717) is 11.0 Å². The topological polar surface area (TPSA) is 43.8 Å². The van der Waals surface area contributed by atoms with Crippen molar-refractivity contribution < 1.29 is 0 Å². The van der Waals surface area contributed by atoms with Crippen LogP contribution < -0.4 is 5.73 Å². The summed E-state index contributed by atoms with van der Waals surface area (Å²) in [7, 11) is 1.85. The second-order valence-electron chi connectivity index (χ2n) is 3.08. The van der Waals surface area contributed by atoms with Crippen LogP contribution in [-0.2, 0) is 7.05 Å². The number of imidazole rings is 1. The molecule has 1 heterocycles. The normalized spacial score (nSPS) is 10.4. The summed E-state index contributed by atoms with van der Waals surface area (Å²) in [5, 5.41) is 0.686. The Morgan fingerprint density at radius 3 is 2.64 bits per heavy atom. The van der Waals surface area contributed by atoms with E-state index in [1.54, 1.807) is 4.57 Å². The molecule has 4 heteroatoms. The van der Waals surface area contributed by atoms with Gasteiger partial charge in [0.25, 0.3) is 0 Å². The molecule has 0 amide bonds. The zero-order valence-electron chi connectivity index (χ0n) is 7.74. The minimum atomic E-state index is 0.486. The molecule has 0 radical (unpaired) electrons. The van der Waals surface area contributed by atoms with Gasteiger partial charge in [-0.15, -0.1) is 0 Å². The number of aromatic nitrogens is 2. The number of rotatable bonds is 1. The Bertz CT molecular complexity index is 443. The van der Waals surface area contributed by atoms with Crippen molar-refractivity contribution in [2.45, 2.75) is 0 Å². The van der Waals surface area contributed by atoms with Crippen molar-refractivity contribution in [1.82, 2.24) is 9.55 Å². The van der Waals surface area contributed by atoms with E-state index in [1.165, 1.54) is 0 Å². The van der Waals surface area contributed by atoms with Gasteiger partial charge in [-0.05, 0) is 6.07 Å². The lowest BCUT2D eigenvalue weighted by Gasteiger charge is -1.97. The Hall–Kier alpha value is -1.48. The summed E-state index contributed by atoms with van der Waals surface area (Å²) in [5.74, 6) is 0.486. The van der Waals surface area contributed by atoms with Crippen LogP contribution in [0.5, 0.6) is 0 Å². The van der Waals surface area contributed by atoms with Crippen molar-refractivity contribution in [3.05, 3.63) is 35.5 Å². The summed E-state index contributed by atoms with van der Waals surface area (Å²) in [5.41, 5.74) is 7.34. The van der Waals surface area contributed by atoms with Crippen LogP contribution in [0.15, 0.2) is 30.5 Å². The number of hydrogen-bond acceptors (Lipinski definition) is 2. The lowest BCUT2D eigenvalue weighted by atomic mass is 10.2. The summed E-state index contributed by atoms with van der Waals surface area (Å²) >= 11 is 6.03. The third kappa shape index (κ3) is 1.46. The summed E-state index contributed by atoms with van der Waals surface area (Å²) in [4.78, 5) is 4.20. The van der Waals surface area contributed by atoms with Gasteiger partial charge in [-0.2, -0.15) is 0 Å². The van der Waals surface area contributed by atoms with Gasteiger partial charge in [0.2, 0.25) is 0 Å².